The lowest BCUT2D eigenvalue weighted by molar-refractivity contribution is -0.149. The number of carbonyl (C=O) groups excluding carboxylic acids is 2. The predicted octanol–water partition coefficient (Wildman–Crippen LogP) is 3.35. The van der Waals surface area contributed by atoms with Crippen molar-refractivity contribution in [1.82, 2.24) is 5.32 Å². The van der Waals surface area contributed by atoms with Gasteiger partial charge < -0.3 is 10.1 Å². The summed E-state index contributed by atoms with van der Waals surface area (Å²) in [6.07, 6.45) is 8.57. The molecule has 1 amide bonds. The first-order valence-corrected chi connectivity index (χ1v) is 9.16. The van der Waals surface area contributed by atoms with Gasteiger partial charge in [-0.1, -0.05) is 49.6 Å². The van der Waals surface area contributed by atoms with Crippen molar-refractivity contribution < 1.29 is 14.3 Å². The quantitative estimate of drug-likeness (QED) is 0.781. The molecular weight excluding hydrogens is 302 g/mol. The molecule has 2 aliphatic carbocycles. The SMILES string of the molecule is O=C(COC(=O)CC1CCCCC1)NCC1(c2ccccc2)CC1. The van der Waals surface area contributed by atoms with Crippen LogP contribution in [0.25, 0.3) is 0 Å². The molecule has 0 aliphatic heterocycles. The van der Waals surface area contributed by atoms with Crippen LogP contribution >= 0.6 is 0 Å². The smallest absolute Gasteiger partial charge is 0.306 e. The van der Waals surface area contributed by atoms with Crippen LogP contribution in [0.1, 0.15) is 56.9 Å². The van der Waals surface area contributed by atoms with E-state index in [2.05, 4.69) is 17.4 Å². The summed E-state index contributed by atoms with van der Waals surface area (Å²) < 4.78 is 5.15. The molecule has 0 spiro atoms. The highest BCUT2D eigenvalue weighted by Gasteiger charge is 2.44. The van der Waals surface area contributed by atoms with Crippen LogP contribution in [-0.4, -0.2) is 25.0 Å². The van der Waals surface area contributed by atoms with Crippen molar-refractivity contribution in [2.24, 2.45) is 5.92 Å². The molecule has 130 valence electrons. The van der Waals surface area contributed by atoms with E-state index < -0.39 is 0 Å². The van der Waals surface area contributed by atoms with Gasteiger partial charge in [0.05, 0.1) is 0 Å². The van der Waals surface area contributed by atoms with Gasteiger partial charge >= 0.3 is 5.97 Å². The van der Waals surface area contributed by atoms with Gasteiger partial charge in [-0.15, -0.1) is 0 Å². The van der Waals surface area contributed by atoms with Crippen LogP contribution in [-0.2, 0) is 19.7 Å². The standard InChI is InChI=1S/C20H27NO3/c22-18(14-24-19(23)13-16-7-3-1-4-8-16)21-15-20(11-12-20)17-9-5-2-6-10-17/h2,5-6,9-10,16H,1,3-4,7-8,11-15H2,(H,21,22). The van der Waals surface area contributed by atoms with Gasteiger partial charge in [-0.2, -0.15) is 0 Å². The minimum atomic E-state index is -0.235. The van der Waals surface area contributed by atoms with Gasteiger partial charge in [-0.25, -0.2) is 0 Å². The maximum absolute atomic E-state index is 12.0. The molecule has 1 aromatic carbocycles. The van der Waals surface area contributed by atoms with Gasteiger partial charge in [-0.3, -0.25) is 9.59 Å². The van der Waals surface area contributed by atoms with Crippen molar-refractivity contribution in [2.45, 2.75) is 56.8 Å². The van der Waals surface area contributed by atoms with E-state index in [0.29, 0.717) is 18.9 Å². The highest BCUT2D eigenvalue weighted by molar-refractivity contribution is 5.80. The fourth-order valence-electron chi connectivity index (χ4n) is 3.66. The van der Waals surface area contributed by atoms with Crippen molar-refractivity contribution in [1.29, 1.82) is 0 Å². The Morgan fingerprint density at radius 3 is 2.46 bits per heavy atom. The molecule has 4 nitrogen and oxygen atoms in total. The van der Waals surface area contributed by atoms with Crippen LogP contribution in [0.3, 0.4) is 0 Å². The Bertz CT molecular complexity index is 560. The topological polar surface area (TPSA) is 55.4 Å². The Kier molecular flexibility index (Phi) is 5.54. The largest absolute Gasteiger partial charge is 0.456 e. The van der Waals surface area contributed by atoms with Crippen LogP contribution in [0, 0.1) is 5.92 Å². The van der Waals surface area contributed by atoms with Crippen molar-refractivity contribution in [3.05, 3.63) is 35.9 Å². The molecule has 0 unspecified atom stereocenters. The molecular formula is C20H27NO3. The maximum Gasteiger partial charge on any atom is 0.306 e. The second kappa shape index (κ2) is 7.82. The molecule has 0 radical (unpaired) electrons. The summed E-state index contributed by atoms with van der Waals surface area (Å²) in [5, 5.41) is 2.93. The lowest BCUT2D eigenvalue weighted by atomic mass is 9.87. The van der Waals surface area contributed by atoms with Gasteiger partial charge in [0.15, 0.2) is 6.61 Å². The summed E-state index contributed by atoms with van der Waals surface area (Å²) in [4.78, 5) is 23.8. The van der Waals surface area contributed by atoms with E-state index in [4.69, 9.17) is 4.74 Å². The van der Waals surface area contributed by atoms with Crippen molar-refractivity contribution in [2.75, 3.05) is 13.2 Å². The van der Waals surface area contributed by atoms with Crippen LogP contribution in [0.2, 0.25) is 0 Å². The lowest BCUT2D eigenvalue weighted by Gasteiger charge is -2.20. The van der Waals surface area contributed by atoms with Crippen molar-refractivity contribution in [3.8, 4) is 0 Å². The number of ether oxygens (including phenoxy) is 1. The molecule has 24 heavy (non-hydrogen) atoms. The summed E-state index contributed by atoms with van der Waals surface area (Å²) in [6, 6.07) is 10.3. The zero-order valence-corrected chi connectivity index (χ0v) is 14.3. The minimum Gasteiger partial charge on any atom is -0.456 e. The molecule has 0 aromatic heterocycles. The first-order chi connectivity index (χ1) is 11.7. The Morgan fingerprint density at radius 2 is 1.79 bits per heavy atom. The van der Waals surface area contributed by atoms with Crippen LogP contribution in [0.4, 0.5) is 0 Å². The van der Waals surface area contributed by atoms with E-state index in [1.165, 1.54) is 24.8 Å². The van der Waals surface area contributed by atoms with Crippen LogP contribution in [0.15, 0.2) is 30.3 Å². The summed E-state index contributed by atoms with van der Waals surface area (Å²) >= 11 is 0. The van der Waals surface area contributed by atoms with Gasteiger partial charge in [0.2, 0.25) is 0 Å². The monoisotopic (exact) mass is 329 g/mol. The summed E-state index contributed by atoms with van der Waals surface area (Å²) in [6.45, 7) is 0.465. The van der Waals surface area contributed by atoms with E-state index in [0.717, 1.165) is 25.7 Å². The average molecular weight is 329 g/mol. The third-order valence-electron chi connectivity index (χ3n) is 5.41. The zero-order chi connectivity index (χ0) is 16.8. The molecule has 0 atom stereocenters. The number of benzene rings is 1. The molecule has 3 rings (SSSR count). The fourth-order valence-corrected chi connectivity index (χ4v) is 3.66. The third-order valence-corrected chi connectivity index (χ3v) is 5.41. The molecule has 1 N–H and O–H groups in total. The number of nitrogens with one attached hydrogen (secondary N) is 1. The van der Waals surface area contributed by atoms with Crippen LogP contribution in [0.5, 0.6) is 0 Å². The summed E-state index contributed by atoms with van der Waals surface area (Å²) in [7, 11) is 0. The number of amides is 1. The molecule has 0 bridgehead atoms. The molecule has 2 fully saturated rings. The Balaban J connectivity index is 1.36. The lowest BCUT2D eigenvalue weighted by Crippen LogP contribution is -2.35. The Labute approximate surface area is 144 Å². The van der Waals surface area contributed by atoms with E-state index in [9.17, 15) is 9.59 Å². The van der Waals surface area contributed by atoms with Gasteiger partial charge in [0, 0.05) is 18.4 Å². The minimum absolute atomic E-state index is 0.0863. The Hall–Kier alpha value is -1.84. The van der Waals surface area contributed by atoms with Gasteiger partial charge in [-0.05, 0) is 37.2 Å². The first kappa shape index (κ1) is 17.0. The number of hydrogen-bond donors (Lipinski definition) is 1. The summed E-state index contributed by atoms with van der Waals surface area (Å²) in [5.41, 5.74) is 1.36. The molecule has 4 heteroatoms. The van der Waals surface area contributed by atoms with Crippen LogP contribution < -0.4 is 5.32 Å². The van der Waals surface area contributed by atoms with E-state index in [1.807, 2.05) is 18.2 Å². The van der Waals surface area contributed by atoms with Gasteiger partial charge in [0.1, 0.15) is 0 Å². The number of rotatable bonds is 7. The molecule has 2 saturated carbocycles. The van der Waals surface area contributed by atoms with E-state index in [-0.39, 0.29) is 23.9 Å². The normalized spacial score (nSPS) is 19.5. The van der Waals surface area contributed by atoms with Crippen molar-refractivity contribution in [3.63, 3.8) is 0 Å². The highest BCUT2D eigenvalue weighted by atomic mass is 16.5. The van der Waals surface area contributed by atoms with Gasteiger partial charge in [0.25, 0.3) is 5.91 Å². The summed E-state index contributed by atoms with van der Waals surface area (Å²) in [5.74, 6) is 0.0116. The third kappa shape index (κ3) is 4.59. The zero-order valence-electron chi connectivity index (χ0n) is 14.3. The van der Waals surface area contributed by atoms with Crippen molar-refractivity contribution >= 4 is 11.9 Å². The number of esters is 1. The fraction of sp³-hybridized carbons (Fsp3) is 0.600. The molecule has 2 aliphatic rings. The maximum atomic E-state index is 12.0. The highest BCUT2D eigenvalue weighted by Crippen LogP contribution is 2.47. The predicted molar refractivity (Wildman–Crippen MR) is 92.5 cm³/mol. The first-order valence-electron chi connectivity index (χ1n) is 9.16. The molecule has 0 saturated heterocycles. The average Bonchev–Trinajstić information content (AvgIpc) is 3.41. The van der Waals surface area contributed by atoms with E-state index >= 15 is 0 Å². The Morgan fingerprint density at radius 1 is 1.08 bits per heavy atom. The number of carbonyl (C=O) groups is 2. The molecule has 0 heterocycles. The second-order valence-electron chi connectivity index (χ2n) is 7.29. The number of hydrogen-bond acceptors (Lipinski definition) is 3. The molecule has 1 aromatic rings. The second-order valence-corrected chi connectivity index (χ2v) is 7.29. The van der Waals surface area contributed by atoms with E-state index in [1.54, 1.807) is 0 Å².